The van der Waals surface area contributed by atoms with Crippen LogP contribution in [0.4, 0.5) is 0 Å². The summed E-state index contributed by atoms with van der Waals surface area (Å²) in [5.74, 6) is -1.58. The fourth-order valence-electron chi connectivity index (χ4n) is 3.46. The molecule has 0 saturated carbocycles. The van der Waals surface area contributed by atoms with Gasteiger partial charge in [-0.1, -0.05) is 53.3 Å². The third kappa shape index (κ3) is 3.79. The molecule has 1 N–H and O–H groups in total. The molecule has 3 amide bonds. The van der Waals surface area contributed by atoms with Crippen molar-refractivity contribution in [3.05, 3.63) is 86.8 Å². The second kappa shape index (κ2) is 8.23. The summed E-state index contributed by atoms with van der Waals surface area (Å²) in [7, 11) is 0. The molecule has 1 aliphatic heterocycles. The smallest absolute Gasteiger partial charge is 0.275 e. The number of halogens is 1. The van der Waals surface area contributed by atoms with Gasteiger partial charge in [0.2, 0.25) is 10.9 Å². The van der Waals surface area contributed by atoms with E-state index in [1.807, 2.05) is 6.07 Å². The van der Waals surface area contributed by atoms with E-state index < -0.39 is 29.8 Å². The van der Waals surface area contributed by atoms with Crippen molar-refractivity contribution in [2.75, 3.05) is 6.54 Å². The molecule has 0 fully saturated rings. The molecule has 9 nitrogen and oxygen atoms in total. The van der Waals surface area contributed by atoms with Crippen LogP contribution >= 0.6 is 22.9 Å². The molecular formula is C22H14ClN5O4S. The Morgan fingerprint density at radius 1 is 0.970 bits per heavy atom. The third-order valence-corrected chi connectivity index (χ3v) is 6.32. The summed E-state index contributed by atoms with van der Waals surface area (Å²) >= 11 is 7.41. The summed E-state index contributed by atoms with van der Waals surface area (Å²) in [6.07, 6.45) is 0. The zero-order chi connectivity index (χ0) is 23.1. The van der Waals surface area contributed by atoms with Gasteiger partial charge >= 0.3 is 0 Å². The van der Waals surface area contributed by atoms with Crippen LogP contribution in [0.3, 0.4) is 0 Å². The van der Waals surface area contributed by atoms with Crippen molar-refractivity contribution in [3.63, 3.8) is 0 Å². The van der Waals surface area contributed by atoms with Crippen molar-refractivity contribution in [1.82, 2.24) is 24.8 Å². The fourth-order valence-corrected chi connectivity index (χ4v) is 4.71. The second-order valence-corrected chi connectivity index (χ2v) is 8.55. The second-order valence-electron chi connectivity index (χ2n) is 7.19. The van der Waals surface area contributed by atoms with E-state index in [-0.39, 0.29) is 17.7 Å². The Kier molecular flexibility index (Phi) is 5.23. The quantitative estimate of drug-likeness (QED) is 0.440. The molecule has 4 aromatic rings. The van der Waals surface area contributed by atoms with Crippen LogP contribution in [0.15, 0.2) is 59.4 Å². The van der Waals surface area contributed by atoms with Crippen molar-refractivity contribution < 1.29 is 14.4 Å². The molecule has 2 aromatic carbocycles. The zero-order valence-electron chi connectivity index (χ0n) is 16.8. The first-order valence-corrected chi connectivity index (χ1v) is 11.0. The molecule has 0 spiro atoms. The maximum Gasteiger partial charge on any atom is 0.275 e. The van der Waals surface area contributed by atoms with Crippen LogP contribution in [0.1, 0.15) is 26.4 Å². The van der Waals surface area contributed by atoms with Crippen molar-refractivity contribution >= 4 is 45.6 Å². The van der Waals surface area contributed by atoms with E-state index in [0.717, 1.165) is 4.90 Å². The molecule has 164 valence electrons. The predicted molar refractivity (Wildman–Crippen MR) is 121 cm³/mol. The average molecular weight is 480 g/mol. The fraction of sp³-hybridized carbons (Fsp3) is 0.0909. The molecule has 0 radical (unpaired) electrons. The molecule has 1 aliphatic rings. The molecule has 11 heteroatoms. The number of carbonyl (C=O) groups is 3. The number of imide groups is 1. The van der Waals surface area contributed by atoms with Gasteiger partial charge in [0.25, 0.3) is 17.4 Å². The predicted octanol–water partition coefficient (Wildman–Crippen LogP) is 2.38. The van der Waals surface area contributed by atoms with Gasteiger partial charge in [-0.05, 0) is 18.2 Å². The lowest BCUT2D eigenvalue weighted by Gasteiger charge is -2.13. The lowest BCUT2D eigenvalue weighted by molar-refractivity contribution is -0.121. The number of nitrogens with zero attached hydrogens (tertiary/aromatic N) is 4. The van der Waals surface area contributed by atoms with Crippen LogP contribution in [0.25, 0.3) is 15.5 Å². The van der Waals surface area contributed by atoms with Crippen molar-refractivity contribution in [2.45, 2.75) is 6.54 Å². The summed E-state index contributed by atoms with van der Waals surface area (Å²) in [6.45, 7) is -0.474. The normalized spacial score (nSPS) is 12.9. The summed E-state index contributed by atoms with van der Waals surface area (Å²) in [6, 6.07) is 14.8. The van der Waals surface area contributed by atoms with Gasteiger partial charge in [-0.15, -0.1) is 0 Å². The van der Waals surface area contributed by atoms with Crippen molar-refractivity contribution in [2.24, 2.45) is 0 Å². The Balaban J connectivity index is 1.30. The maximum atomic E-state index is 12.5. The van der Waals surface area contributed by atoms with E-state index in [2.05, 4.69) is 15.4 Å². The Labute approximate surface area is 195 Å². The van der Waals surface area contributed by atoms with Crippen LogP contribution in [-0.4, -0.2) is 43.8 Å². The molecule has 0 bridgehead atoms. The number of amides is 3. The Bertz CT molecular complexity index is 1480. The SMILES string of the molecule is O=C(CN1C(=O)c2ccccc2C1=O)NCc1cc(=O)n2nc(-c3ccccc3Cl)sc2n1. The topological polar surface area (TPSA) is 114 Å². The molecular weight excluding hydrogens is 466 g/mol. The van der Waals surface area contributed by atoms with Gasteiger partial charge < -0.3 is 5.32 Å². The Morgan fingerprint density at radius 2 is 1.61 bits per heavy atom. The van der Waals surface area contributed by atoms with E-state index >= 15 is 0 Å². The summed E-state index contributed by atoms with van der Waals surface area (Å²) in [4.78, 5) is 55.3. The minimum atomic E-state index is -0.549. The highest BCUT2D eigenvalue weighted by Crippen LogP contribution is 2.30. The maximum absolute atomic E-state index is 12.5. The number of aromatic nitrogens is 3. The van der Waals surface area contributed by atoms with E-state index in [1.54, 1.807) is 42.5 Å². The van der Waals surface area contributed by atoms with Crippen molar-refractivity contribution in [3.8, 4) is 10.6 Å². The van der Waals surface area contributed by atoms with Crippen LogP contribution in [0.2, 0.25) is 5.02 Å². The van der Waals surface area contributed by atoms with Crippen LogP contribution in [-0.2, 0) is 11.3 Å². The summed E-state index contributed by atoms with van der Waals surface area (Å²) in [5, 5.41) is 7.94. The Morgan fingerprint density at radius 3 is 2.27 bits per heavy atom. The highest BCUT2D eigenvalue weighted by atomic mass is 35.5. The largest absolute Gasteiger partial charge is 0.349 e. The van der Waals surface area contributed by atoms with Crippen molar-refractivity contribution in [1.29, 1.82) is 0 Å². The van der Waals surface area contributed by atoms with E-state index in [0.29, 0.717) is 26.2 Å². The molecule has 5 rings (SSSR count). The third-order valence-electron chi connectivity index (χ3n) is 5.05. The van der Waals surface area contributed by atoms with Gasteiger partial charge in [-0.3, -0.25) is 24.1 Å². The number of benzene rings is 2. The van der Waals surface area contributed by atoms with E-state index in [9.17, 15) is 19.2 Å². The average Bonchev–Trinajstić information content (AvgIpc) is 3.34. The zero-order valence-corrected chi connectivity index (χ0v) is 18.4. The highest BCUT2D eigenvalue weighted by Gasteiger charge is 2.36. The molecule has 3 heterocycles. The number of hydrogen-bond acceptors (Lipinski definition) is 7. The minimum Gasteiger partial charge on any atom is -0.349 e. The Hall–Kier alpha value is -3.89. The molecule has 0 aliphatic carbocycles. The summed E-state index contributed by atoms with van der Waals surface area (Å²) < 4.78 is 1.17. The van der Waals surface area contributed by atoms with Gasteiger partial charge in [0, 0.05) is 11.6 Å². The lowest BCUT2D eigenvalue weighted by atomic mass is 10.1. The van der Waals surface area contributed by atoms with Gasteiger partial charge in [-0.2, -0.15) is 9.61 Å². The lowest BCUT2D eigenvalue weighted by Crippen LogP contribution is -2.40. The number of fused-ring (bicyclic) bond motifs is 2. The summed E-state index contributed by atoms with van der Waals surface area (Å²) in [5.41, 5.74) is 1.15. The van der Waals surface area contributed by atoms with Crippen LogP contribution in [0.5, 0.6) is 0 Å². The highest BCUT2D eigenvalue weighted by molar-refractivity contribution is 7.19. The molecule has 0 atom stereocenters. The first-order chi connectivity index (χ1) is 15.9. The first kappa shape index (κ1) is 21.0. The van der Waals surface area contributed by atoms with Gasteiger partial charge in [0.1, 0.15) is 11.6 Å². The molecule has 0 unspecified atom stereocenters. The number of carbonyl (C=O) groups excluding carboxylic acids is 3. The standard InChI is InChI=1S/C22H14ClN5O4S/c23-16-8-4-3-7-15(16)19-26-28-18(30)9-12(25-22(28)33-19)10-24-17(29)11-27-20(31)13-5-1-2-6-14(13)21(27)32/h1-9H,10-11H2,(H,24,29). The monoisotopic (exact) mass is 479 g/mol. The molecule has 0 saturated heterocycles. The number of nitrogens with one attached hydrogen (secondary N) is 1. The van der Waals surface area contributed by atoms with Gasteiger partial charge in [0.05, 0.1) is 28.4 Å². The van der Waals surface area contributed by atoms with Gasteiger partial charge in [0.15, 0.2) is 0 Å². The van der Waals surface area contributed by atoms with E-state index in [4.69, 9.17) is 11.6 Å². The molecule has 33 heavy (non-hydrogen) atoms. The number of hydrogen-bond donors (Lipinski definition) is 1. The molecule has 2 aromatic heterocycles. The number of rotatable bonds is 5. The van der Waals surface area contributed by atoms with E-state index in [1.165, 1.54) is 21.9 Å². The van der Waals surface area contributed by atoms with Crippen LogP contribution in [0, 0.1) is 0 Å². The van der Waals surface area contributed by atoms with Gasteiger partial charge in [-0.25, -0.2) is 4.98 Å². The van der Waals surface area contributed by atoms with Crippen LogP contribution < -0.4 is 10.9 Å². The first-order valence-electron chi connectivity index (χ1n) is 9.79. The minimum absolute atomic E-state index is 0.0485.